The van der Waals surface area contributed by atoms with Gasteiger partial charge in [-0.15, -0.1) is 0 Å². The molecule has 2 heterocycles. The summed E-state index contributed by atoms with van der Waals surface area (Å²) in [5.41, 5.74) is 2.51. The molecule has 0 aliphatic heterocycles. The van der Waals surface area contributed by atoms with Gasteiger partial charge in [0.15, 0.2) is 0 Å². The molecule has 7 heteroatoms. The van der Waals surface area contributed by atoms with Crippen molar-refractivity contribution in [3.8, 4) is 11.1 Å². The van der Waals surface area contributed by atoms with Crippen molar-refractivity contribution in [2.45, 2.75) is 19.5 Å². The van der Waals surface area contributed by atoms with Crippen LogP contribution in [0.3, 0.4) is 0 Å². The first-order chi connectivity index (χ1) is 12.9. The lowest BCUT2D eigenvalue weighted by Crippen LogP contribution is -2.20. The first-order valence-electron chi connectivity index (χ1n) is 8.57. The van der Waals surface area contributed by atoms with Crippen LogP contribution in [0.25, 0.3) is 22.0 Å². The smallest absolute Gasteiger partial charge is 0.258 e. The van der Waals surface area contributed by atoms with Gasteiger partial charge in [0.1, 0.15) is 12.0 Å². The van der Waals surface area contributed by atoms with Gasteiger partial charge >= 0.3 is 0 Å². The number of amides is 1. The molecule has 27 heavy (non-hydrogen) atoms. The van der Waals surface area contributed by atoms with Crippen LogP contribution in [0.4, 0.5) is 10.2 Å². The van der Waals surface area contributed by atoms with Crippen molar-refractivity contribution in [2.24, 2.45) is 13.0 Å². The molecule has 0 saturated heterocycles. The molecule has 1 aromatic carbocycles. The maximum absolute atomic E-state index is 13.0. The summed E-state index contributed by atoms with van der Waals surface area (Å²) in [5, 5.41) is 3.85. The van der Waals surface area contributed by atoms with Crippen LogP contribution in [-0.2, 0) is 11.8 Å². The lowest BCUT2D eigenvalue weighted by Gasteiger charge is -2.13. The van der Waals surface area contributed by atoms with Gasteiger partial charge in [-0.25, -0.2) is 9.37 Å². The normalized spacial score (nSPS) is 18.5. The summed E-state index contributed by atoms with van der Waals surface area (Å²) in [5.74, 6) is -0.692. The zero-order chi connectivity index (χ0) is 19.3. The van der Waals surface area contributed by atoms with E-state index in [1.807, 2.05) is 19.1 Å². The van der Waals surface area contributed by atoms with Gasteiger partial charge in [-0.3, -0.25) is 9.59 Å². The second-order valence-electron chi connectivity index (χ2n) is 6.83. The van der Waals surface area contributed by atoms with Gasteiger partial charge in [-0.2, -0.15) is 0 Å². The fourth-order valence-corrected chi connectivity index (χ4v) is 3.56. The summed E-state index contributed by atoms with van der Waals surface area (Å²) in [7, 11) is 1.66. The average Bonchev–Trinajstić information content (AvgIpc) is 3.36. The molecule has 1 amide bonds. The van der Waals surface area contributed by atoms with Gasteiger partial charge in [0, 0.05) is 40.8 Å². The zero-order valence-corrected chi connectivity index (χ0v) is 15.5. The summed E-state index contributed by atoms with van der Waals surface area (Å²) in [6, 6.07) is 8.86. The molecule has 1 aliphatic rings. The number of hydrogen-bond donors (Lipinski definition) is 1. The number of aromatic nitrogens is 2. The molecule has 0 radical (unpaired) electrons. The van der Waals surface area contributed by atoms with E-state index in [1.54, 1.807) is 31.4 Å². The van der Waals surface area contributed by atoms with E-state index in [1.165, 1.54) is 4.57 Å². The molecule has 1 N–H and O–H groups in total. The molecule has 0 bridgehead atoms. The van der Waals surface area contributed by atoms with E-state index in [-0.39, 0.29) is 17.9 Å². The Morgan fingerprint density at radius 2 is 2.11 bits per heavy atom. The monoisotopic (exact) mass is 385 g/mol. The van der Waals surface area contributed by atoms with Crippen LogP contribution in [0.2, 0.25) is 5.02 Å². The molecule has 1 fully saturated rings. The van der Waals surface area contributed by atoms with Gasteiger partial charge in [-0.05, 0) is 31.0 Å². The predicted octanol–water partition coefficient (Wildman–Crippen LogP) is 3.86. The number of benzene rings is 1. The summed E-state index contributed by atoms with van der Waals surface area (Å²) >= 11 is 6.33. The van der Waals surface area contributed by atoms with Gasteiger partial charge < -0.3 is 9.88 Å². The van der Waals surface area contributed by atoms with Gasteiger partial charge in [-0.1, -0.05) is 23.7 Å². The van der Waals surface area contributed by atoms with Crippen molar-refractivity contribution < 1.29 is 9.18 Å². The molecule has 0 unspecified atom stereocenters. The first-order valence-corrected chi connectivity index (χ1v) is 8.95. The van der Waals surface area contributed by atoms with Gasteiger partial charge in [0.2, 0.25) is 5.91 Å². The van der Waals surface area contributed by atoms with Crippen molar-refractivity contribution in [2.75, 3.05) is 5.32 Å². The van der Waals surface area contributed by atoms with Gasteiger partial charge in [0.25, 0.3) is 5.56 Å². The standard InChI is InChI=1S/C20H17ClFN3O2/c1-10-4-3-5-14(21)18(10)13-6-11-9-23-17(8-16(11)25(2)20(13)27)24-19(26)12-7-15(12)22/h3-6,8-9,12,15H,7H2,1-2H3,(H,23,24,26)/t12-,15+/m1/s1. The predicted molar refractivity (Wildman–Crippen MR) is 104 cm³/mol. The summed E-state index contributed by atoms with van der Waals surface area (Å²) in [6.45, 7) is 1.90. The number of fused-ring (bicyclic) bond motifs is 1. The Bertz CT molecular complexity index is 1120. The number of nitrogens with zero attached hydrogens (tertiary/aromatic N) is 2. The fourth-order valence-electron chi connectivity index (χ4n) is 3.24. The Morgan fingerprint density at radius 1 is 1.37 bits per heavy atom. The number of alkyl halides is 1. The number of nitrogens with one attached hydrogen (secondary N) is 1. The summed E-state index contributed by atoms with van der Waals surface area (Å²) in [4.78, 5) is 29.1. The molecule has 5 nitrogen and oxygen atoms in total. The highest BCUT2D eigenvalue weighted by Gasteiger charge is 2.43. The first kappa shape index (κ1) is 17.7. The second-order valence-corrected chi connectivity index (χ2v) is 7.24. The maximum atomic E-state index is 13.0. The topological polar surface area (TPSA) is 64.0 Å². The fraction of sp³-hybridized carbons (Fsp3) is 0.250. The zero-order valence-electron chi connectivity index (χ0n) is 14.8. The van der Waals surface area contributed by atoms with E-state index in [2.05, 4.69) is 10.3 Å². The number of aryl methyl sites for hydroxylation is 2. The van der Waals surface area contributed by atoms with Crippen LogP contribution in [0.5, 0.6) is 0 Å². The van der Waals surface area contributed by atoms with E-state index >= 15 is 0 Å². The Morgan fingerprint density at radius 3 is 2.78 bits per heavy atom. The maximum Gasteiger partial charge on any atom is 0.258 e. The Kier molecular flexibility index (Phi) is 4.23. The third-order valence-electron chi connectivity index (χ3n) is 4.90. The van der Waals surface area contributed by atoms with Crippen LogP contribution >= 0.6 is 11.6 Å². The molecular weight excluding hydrogens is 369 g/mol. The number of anilines is 1. The van der Waals surface area contributed by atoms with Crippen molar-refractivity contribution in [1.29, 1.82) is 0 Å². The molecular formula is C20H17ClFN3O2. The number of hydrogen-bond acceptors (Lipinski definition) is 3. The quantitative estimate of drug-likeness (QED) is 0.744. The number of carbonyl (C=O) groups excluding carboxylic acids is 1. The van der Waals surface area contributed by atoms with Crippen LogP contribution in [0.15, 0.2) is 41.3 Å². The van der Waals surface area contributed by atoms with Crippen LogP contribution in [-0.4, -0.2) is 21.6 Å². The van der Waals surface area contributed by atoms with E-state index < -0.39 is 12.1 Å². The Balaban J connectivity index is 1.80. The lowest BCUT2D eigenvalue weighted by molar-refractivity contribution is -0.117. The molecule has 2 atom stereocenters. The third kappa shape index (κ3) is 3.10. The van der Waals surface area contributed by atoms with Gasteiger partial charge in [0.05, 0.1) is 11.4 Å². The van der Waals surface area contributed by atoms with Crippen molar-refractivity contribution in [1.82, 2.24) is 9.55 Å². The van der Waals surface area contributed by atoms with E-state index in [9.17, 15) is 14.0 Å². The SMILES string of the molecule is Cc1cccc(Cl)c1-c1cc2cnc(NC(=O)[C@@H]3C[C@@H]3F)cc2n(C)c1=O. The van der Waals surface area contributed by atoms with E-state index in [0.717, 1.165) is 10.9 Å². The van der Waals surface area contributed by atoms with E-state index in [4.69, 9.17) is 11.6 Å². The molecule has 138 valence electrons. The lowest BCUT2D eigenvalue weighted by atomic mass is 10.0. The average molecular weight is 386 g/mol. The molecule has 1 aliphatic carbocycles. The Hall–Kier alpha value is -2.73. The largest absolute Gasteiger partial charge is 0.311 e. The number of halogens is 2. The van der Waals surface area contributed by atoms with Crippen molar-refractivity contribution in [3.63, 3.8) is 0 Å². The highest BCUT2D eigenvalue weighted by molar-refractivity contribution is 6.33. The highest BCUT2D eigenvalue weighted by Crippen LogP contribution is 2.35. The van der Waals surface area contributed by atoms with Crippen LogP contribution in [0.1, 0.15) is 12.0 Å². The second kappa shape index (κ2) is 6.46. The molecule has 1 saturated carbocycles. The number of rotatable bonds is 3. The van der Waals surface area contributed by atoms with E-state index in [0.29, 0.717) is 27.5 Å². The minimum atomic E-state index is -1.07. The number of pyridine rings is 2. The third-order valence-corrected chi connectivity index (χ3v) is 5.22. The molecule has 2 aromatic heterocycles. The molecule has 0 spiro atoms. The minimum absolute atomic E-state index is 0.201. The summed E-state index contributed by atoms with van der Waals surface area (Å²) in [6.07, 6.45) is 0.759. The molecule has 4 rings (SSSR count). The van der Waals surface area contributed by atoms with Crippen LogP contribution < -0.4 is 10.9 Å². The number of carbonyl (C=O) groups is 1. The molecule has 3 aromatic rings. The minimum Gasteiger partial charge on any atom is -0.311 e. The Labute approximate surface area is 159 Å². The highest BCUT2D eigenvalue weighted by atomic mass is 35.5. The van der Waals surface area contributed by atoms with Crippen molar-refractivity contribution in [3.05, 3.63) is 57.5 Å². The summed E-state index contributed by atoms with van der Waals surface area (Å²) < 4.78 is 14.5. The van der Waals surface area contributed by atoms with Crippen molar-refractivity contribution >= 4 is 34.2 Å². The van der Waals surface area contributed by atoms with Crippen LogP contribution in [0, 0.1) is 12.8 Å².